The first-order valence-corrected chi connectivity index (χ1v) is 9.84. The maximum atomic E-state index is 13.1. The molecule has 7 heteroatoms. The number of nitrogens with zero attached hydrogens (tertiary/aromatic N) is 2. The Morgan fingerprint density at radius 1 is 1.21 bits per heavy atom. The van der Waals surface area contributed by atoms with E-state index in [1.165, 1.54) is 0 Å². The van der Waals surface area contributed by atoms with E-state index < -0.39 is 0 Å². The summed E-state index contributed by atoms with van der Waals surface area (Å²) in [4.78, 5) is 29.0. The molecule has 152 valence electrons. The van der Waals surface area contributed by atoms with E-state index in [0.29, 0.717) is 25.4 Å². The summed E-state index contributed by atoms with van der Waals surface area (Å²) in [6, 6.07) is 15.1. The molecule has 4 rings (SSSR count). The molecule has 2 amide bonds. The van der Waals surface area contributed by atoms with Crippen LogP contribution in [0, 0.1) is 0 Å². The molecule has 2 aromatic carbocycles. The minimum absolute atomic E-state index is 0.00266. The van der Waals surface area contributed by atoms with E-state index in [9.17, 15) is 9.59 Å². The van der Waals surface area contributed by atoms with Crippen LogP contribution >= 0.6 is 0 Å². The van der Waals surface area contributed by atoms with Gasteiger partial charge in [-0.2, -0.15) is 0 Å². The minimum atomic E-state index is -0.127. The fourth-order valence-corrected chi connectivity index (χ4v) is 3.97. The first kappa shape index (κ1) is 19.3. The van der Waals surface area contributed by atoms with Crippen molar-refractivity contribution in [2.24, 2.45) is 0 Å². The Morgan fingerprint density at radius 3 is 2.86 bits per heavy atom. The SMILES string of the molecule is COc1ccccc1C1CNCCN1C(=O)CCN1C(=O)COc2ccccc21. The molecule has 0 radical (unpaired) electrons. The number of nitrogens with one attached hydrogen (secondary N) is 1. The highest BCUT2D eigenvalue weighted by molar-refractivity contribution is 5.98. The number of benzene rings is 2. The molecule has 1 atom stereocenters. The maximum absolute atomic E-state index is 13.1. The van der Waals surface area contributed by atoms with Crippen LogP contribution in [0.15, 0.2) is 48.5 Å². The predicted octanol–water partition coefficient (Wildman–Crippen LogP) is 1.98. The molecular formula is C22H25N3O4. The number of rotatable bonds is 5. The van der Waals surface area contributed by atoms with Gasteiger partial charge in [0.15, 0.2) is 6.61 Å². The molecule has 0 bridgehead atoms. The van der Waals surface area contributed by atoms with E-state index in [4.69, 9.17) is 9.47 Å². The number of methoxy groups -OCH3 is 1. The fourth-order valence-electron chi connectivity index (χ4n) is 3.97. The van der Waals surface area contributed by atoms with Crippen LogP contribution in [-0.2, 0) is 9.59 Å². The number of ether oxygens (including phenoxy) is 2. The maximum Gasteiger partial charge on any atom is 0.265 e. The topological polar surface area (TPSA) is 71.1 Å². The molecule has 2 aliphatic rings. The van der Waals surface area contributed by atoms with Crippen LogP contribution in [-0.4, -0.2) is 56.6 Å². The largest absolute Gasteiger partial charge is 0.496 e. The average molecular weight is 395 g/mol. The van der Waals surface area contributed by atoms with E-state index >= 15 is 0 Å². The van der Waals surface area contributed by atoms with E-state index in [-0.39, 0.29) is 30.9 Å². The van der Waals surface area contributed by atoms with Gasteiger partial charge in [0.25, 0.3) is 5.91 Å². The summed E-state index contributed by atoms with van der Waals surface area (Å²) in [5, 5.41) is 3.36. The molecule has 2 aliphatic heterocycles. The van der Waals surface area contributed by atoms with Crippen molar-refractivity contribution in [2.75, 3.05) is 44.8 Å². The second kappa shape index (κ2) is 8.53. The van der Waals surface area contributed by atoms with Crippen molar-refractivity contribution in [1.82, 2.24) is 10.2 Å². The summed E-state index contributed by atoms with van der Waals surface area (Å²) in [5.74, 6) is 1.35. The molecule has 2 heterocycles. The number of anilines is 1. The number of hydrogen-bond acceptors (Lipinski definition) is 5. The van der Waals surface area contributed by atoms with Gasteiger partial charge >= 0.3 is 0 Å². The molecule has 29 heavy (non-hydrogen) atoms. The molecule has 0 aromatic heterocycles. The van der Waals surface area contributed by atoms with Crippen molar-refractivity contribution in [3.63, 3.8) is 0 Å². The summed E-state index contributed by atoms with van der Waals surface area (Å²) in [7, 11) is 1.64. The Bertz CT molecular complexity index is 901. The summed E-state index contributed by atoms with van der Waals surface area (Å²) >= 11 is 0. The fraction of sp³-hybridized carbons (Fsp3) is 0.364. The van der Waals surface area contributed by atoms with Gasteiger partial charge in [0, 0.05) is 38.2 Å². The van der Waals surface area contributed by atoms with Crippen LogP contribution in [0.5, 0.6) is 11.5 Å². The monoisotopic (exact) mass is 395 g/mol. The molecule has 2 aromatic rings. The third-order valence-electron chi connectivity index (χ3n) is 5.42. The molecule has 0 aliphatic carbocycles. The number of para-hydroxylation sites is 3. The predicted molar refractivity (Wildman–Crippen MR) is 109 cm³/mol. The molecule has 1 fully saturated rings. The molecular weight excluding hydrogens is 370 g/mol. The molecule has 0 spiro atoms. The Morgan fingerprint density at radius 2 is 2.00 bits per heavy atom. The molecule has 0 saturated carbocycles. The number of carbonyl (C=O) groups excluding carboxylic acids is 2. The van der Waals surface area contributed by atoms with Gasteiger partial charge in [-0.25, -0.2) is 0 Å². The highest BCUT2D eigenvalue weighted by Crippen LogP contribution is 2.33. The summed E-state index contributed by atoms with van der Waals surface area (Å²) in [5.41, 5.74) is 1.71. The molecule has 1 unspecified atom stereocenters. The van der Waals surface area contributed by atoms with Gasteiger partial charge in [0.05, 0.1) is 18.8 Å². The second-order valence-corrected chi connectivity index (χ2v) is 7.10. The summed E-state index contributed by atoms with van der Waals surface area (Å²) in [6.07, 6.45) is 0.256. The third kappa shape index (κ3) is 3.91. The zero-order valence-electron chi connectivity index (χ0n) is 16.5. The lowest BCUT2D eigenvalue weighted by Gasteiger charge is -2.38. The minimum Gasteiger partial charge on any atom is -0.496 e. The van der Waals surface area contributed by atoms with Crippen molar-refractivity contribution < 1.29 is 19.1 Å². The standard InChI is InChI=1S/C22H25N3O4/c1-28-19-8-4-2-6-16(19)18-14-23-11-13-25(18)21(26)10-12-24-17-7-3-5-9-20(17)29-15-22(24)27/h2-9,18,23H,10-15H2,1H3. The van der Waals surface area contributed by atoms with E-state index in [0.717, 1.165) is 23.5 Å². The van der Waals surface area contributed by atoms with Crippen molar-refractivity contribution in [1.29, 1.82) is 0 Å². The van der Waals surface area contributed by atoms with Gasteiger partial charge in [-0.3, -0.25) is 9.59 Å². The second-order valence-electron chi connectivity index (χ2n) is 7.10. The zero-order chi connectivity index (χ0) is 20.2. The Balaban J connectivity index is 1.49. The number of piperazine rings is 1. The zero-order valence-corrected chi connectivity index (χ0v) is 16.5. The highest BCUT2D eigenvalue weighted by Gasteiger charge is 2.31. The lowest BCUT2D eigenvalue weighted by Crippen LogP contribution is -2.49. The Kier molecular flexibility index (Phi) is 5.67. The third-order valence-corrected chi connectivity index (χ3v) is 5.42. The van der Waals surface area contributed by atoms with Crippen molar-refractivity contribution in [2.45, 2.75) is 12.5 Å². The smallest absolute Gasteiger partial charge is 0.265 e. The van der Waals surface area contributed by atoms with Crippen LogP contribution in [0.3, 0.4) is 0 Å². The number of amides is 2. The normalized spacial score (nSPS) is 18.8. The van der Waals surface area contributed by atoms with Crippen LogP contribution < -0.4 is 19.7 Å². The lowest BCUT2D eigenvalue weighted by molar-refractivity contribution is -0.134. The molecule has 7 nitrogen and oxygen atoms in total. The molecule has 1 N–H and O–H groups in total. The van der Waals surface area contributed by atoms with Gasteiger partial charge in [0.2, 0.25) is 5.91 Å². The Labute approximate surface area is 170 Å². The first-order chi connectivity index (χ1) is 14.2. The number of carbonyl (C=O) groups is 2. The lowest BCUT2D eigenvalue weighted by atomic mass is 10.0. The molecule has 1 saturated heterocycles. The van der Waals surface area contributed by atoms with Gasteiger partial charge in [-0.15, -0.1) is 0 Å². The highest BCUT2D eigenvalue weighted by atomic mass is 16.5. The van der Waals surface area contributed by atoms with Gasteiger partial charge < -0.3 is 24.6 Å². The van der Waals surface area contributed by atoms with E-state index in [2.05, 4.69) is 5.32 Å². The van der Waals surface area contributed by atoms with Crippen LogP contribution in [0.4, 0.5) is 5.69 Å². The van der Waals surface area contributed by atoms with E-state index in [1.807, 2.05) is 53.4 Å². The van der Waals surface area contributed by atoms with E-state index in [1.54, 1.807) is 12.0 Å². The van der Waals surface area contributed by atoms with Gasteiger partial charge in [0.1, 0.15) is 11.5 Å². The van der Waals surface area contributed by atoms with Crippen LogP contribution in [0.1, 0.15) is 18.0 Å². The van der Waals surface area contributed by atoms with Gasteiger partial charge in [-0.05, 0) is 18.2 Å². The number of hydrogen-bond donors (Lipinski definition) is 1. The Hall–Kier alpha value is -3.06. The van der Waals surface area contributed by atoms with Crippen molar-refractivity contribution in [3.8, 4) is 11.5 Å². The van der Waals surface area contributed by atoms with Gasteiger partial charge in [-0.1, -0.05) is 30.3 Å². The summed E-state index contributed by atoms with van der Waals surface area (Å²) < 4.78 is 11.0. The van der Waals surface area contributed by atoms with Crippen molar-refractivity contribution in [3.05, 3.63) is 54.1 Å². The van der Waals surface area contributed by atoms with Crippen LogP contribution in [0.25, 0.3) is 0 Å². The first-order valence-electron chi connectivity index (χ1n) is 9.84. The summed E-state index contributed by atoms with van der Waals surface area (Å²) in [6.45, 7) is 2.38. The average Bonchev–Trinajstić information content (AvgIpc) is 2.78. The quantitative estimate of drug-likeness (QED) is 0.838. The van der Waals surface area contributed by atoms with Crippen LogP contribution in [0.2, 0.25) is 0 Å². The number of fused-ring (bicyclic) bond motifs is 1. The van der Waals surface area contributed by atoms with Crippen molar-refractivity contribution >= 4 is 17.5 Å².